The second kappa shape index (κ2) is 30.2. The van der Waals surface area contributed by atoms with E-state index < -0.39 is 75.2 Å². The van der Waals surface area contributed by atoms with E-state index >= 15 is 0 Å². The zero-order chi connectivity index (χ0) is 39.5. The van der Waals surface area contributed by atoms with Crippen molar-refractivity contribution in [2.24, 2.45) is 0 Å². The molecule has 0 heterocycles. The zero-order valence-corrected chi connectivity index (χ0v) is 33.6. The van der Waals surface area contributed by atoms with Crippen molar-refractivity contribution in [1.82, 2.24) is 5.32 Å². The SMILES string of the molecule is CCCCCCCC/C=C\CCCCCCCC(O)CC(=O)NC(COP(=O)(O)OC1C(O)C(O)C(O)C(O)C1O)C(O)CCCCCCCCCC. The van der Waals surface area contributed by atoms with Gasteiger partial charge in [-0.2, -0.15) is 0 Å². The van der Waals surface area contributed by atoms with E-state index in [-0.39, 0.29) is 12.8 Å². The van der Waals surface area contributed by atoms with Gasteiger partial charge in [-0.15, -0.1) is 0 Å². The molecule has 0 aromatic heterocycles. The first kappa shape index (κ1) is 50.1. The van der Waals surface area contributed by atoms with Crippen LogP contribution in [0.1, 0.15) is 168 Å². The van der Waals surface area contributed by atoms with Crippen LogP contribution in [0, 0.1) is 0 Å². The second-order valence-electron chi connectivity index (χ2n) is 15.0. The maximum absolute atomic E-state index is 12.9. The van der Waals surface area contributed by atoms with Crippen molar-refractivity contribution < 1.29 is 59.0 Å². The number of aliphatic hydroxyl groups excluding tert-OH is 7. The molecule has 1 aliphatic rings. The van der Waals surface area contributed by atoms with Crippen LogP contribution in [0.25, 0.3) is 0 Å². The monoisotopic (exact) mass is 782 g/mol. The number of carbonyl (C=O) groups excluding carboxylic acids is 1. The number of hydrogen-bond acceptors (Lipinski definition) is 11. The number of rotatable bonds is 33. The smallest absolute Gasteiger partial charge is 0.393 e. The van der Waals surface area contributed by atoms with Gasteiger partial charge in [0.2, 0.25) is 5.91 Å². The lowest BCUT2D eigenvalue weighted by molar-refractivity contribution is -0.220. The highest BCUT2D eigenvalue weighted by Gasteiger charge is 2.51. The normalized spacial score (nSPS) is 24.9. The molecule has 9 N–H and O–H groups in total. The summed E-state index contributed by atoms with van der Waals surface area (Å²) in [6, 6.07) is -1.15. The molecule has 0 aliphatic heterocycles. The number of unbranched alkanes of at least 4 members (excludes halogenated alkanes) is 18. The first-order valence-electron chi connectivity index (χ1n) is 20.7. The number of phosphoric acid groups is 1. The fraction of sp³-hybridized carbons (Fsp3) is 0.923. The maximum Gasteiger partial charge on any atom is 0.472 e. The lowest BCUT2D eigenvalue weighted by Crippen LogP contribution is -2.64. The fourth-order valence-electron chi connectivity index (χ4n) is 6.65. The summed E-state index contributed by atoms with van der Waals surface area (Å²) >= 11 is 0. The summed E-state index contributed by atoms with van der Waals surface area (Å²) in [5.41, 5.74) is 0. The number of hydrogen-bond donors (Lipinski definition) is 9. The van der Waals surface area contributed by atoms with E-state index in [0.717, 1.165) is 77.0 Å². The minimum absolute atomic E-state index is 0.226. The predicted octanol–water partition coefficient (Wildman–Crippen LogP) is 5.47. The molecule has 1 saturated carbocycles. The summed E-state index contributed by atoms with van der Waals surface area (Å²) in [4.78, 5) is 23.3. The van der Waals surface area contributed by atoms with Crippen LogP contribution in [-0.4, -0.2) is 108 Å². The Hall–Kier alpha value is -0.960. The van der Waals surface area contributed by atoms with Crippen molar-refractivity contribution in [2.75, 3.05) is 6.61 Å². The van der Waals surface area contributed by atoms with E-state index in [1.807, 2.05) is 0 Å². The highest BCUT2D eigenvalue weighted by atomic mass is 31.2. The van der Waals surface area contributed by atoms with Crippen molar-refractivity contribution in [3.05, 3.63) is 12.2 Å². The van der Waals surface area contributed by atoms with Gasteiger partial charge in [-0.3, -0.25) is 13.8 Å². The van der Waals surface area contributed by atoms with Gasteiger partial charge in [0.25, 0.3) is 0 Å². The van der Waals surface area contributed by atoms with Gasteiger partial charge in [0.15, 0.2) is 0 Å². The highest BCUT2D eigenvalue weighted by Crippen LogP contribution is 2.47. The zero-order valence-electron chi connectivity index (χ0n) is 32.7. The molecule has 8 atom stereocenters. The van der Waals surface area contributed by atoms with Gasteiger partial charge in [-0.25, -0.2) is 4.57 Å². The minimum Gasteiger partial charge on any atom is -0.393 e. The Morgan fingerprint density at radius 2 is 1.06 bits per heavy atom. The molecule has 53 heavy (non-hydrogen) atoms. The van der Waals surface area contributed by atoms with Gasteiger partial charge in [-0.1, -0.05) is 135 Å². The quantitative estimate of drug-likeness (QED) is 0.0230. The summed E-state index contributed by atoms with van der Waals surface area (Å²) in [7, 11) is -5.10. The Morgan fingerprint density at radius 3 is 1.55 bits per heavy atom. The minimum atomic E-state index is -5.10. The molecule has 1 amide bonds. The van der Waals surface area contributed by atoms with Crippen LogP contribution in [0.3, 0.4) is 0 Å². The van der Waals surface area contributed by atoms with Crippen LogP contribution in [0.15, 0.2) is 12.2 Å². The van der Waals surface area contributed by atoms with Crippen LogP contribution in [0.2, 0.25) is 0 Å². The molecule has 314 valence electrons. The number of aliphatic hydroxyl groups is 7. The topological polar surface area (TPSA) is 226 Å². The highest BCUT2D eigenvalue weighted by molar-refractivity contribution is 7.47. The third-order valence-corrected chi connectivity index (χ3v) is 11.1. The molecule has 1 aliphatic carbocycles. The lowest BCUT2D eigenvalue weighted by Gasteiger charge is -2.41. The molecule has 0 bridgehead atoms. The second-order valence-corrected chi connectivity index (χ2v) is 16.4. The van der Waals surface area contributed by atoms with E-state index in [1.54, 1.807) is 0 Å². The molecular weight excluding hydrogens is 705 g/mol. The Morgan fingerprint density at radius 1 is 0.642 bits per heavy atom. The van der Waals surface area contributed by atoms with E-state index in [0.29, 0.717) is 12.8 Å². The van der Waals surface area contributed by atoms with E-state index in [4.69, 9.17) is 9.05 Å². The van der Waals surface area contributed by atoms with Crippen LogP contribution >= 0.6 is 7.82 Å². The number of allylic oxidation sites excluding steroid dienone is 2. The first-order valence-corrected chi connectivity index (χ1v) is 22.2. The van der Waals surface area contributed by atoms with Crippen LogP contribution in [-0.2, 0) is 18.4 Å². The van der Waals surface area contributed by atoms with Gasteiger partial charge < -0.3 is 46.0 Å². The molecule has 0 radical (unpaired) electrons. The van der Waals surface area contributed by atoms with Gasteiger partial charge in [0.1, 0.15) is 36.6 Å². The molecule has 0 saturated heterocycles. The van der Waals surface area contributed by atoms with Crippen LogP contribution < -0.4 is 5.32 Å². The molecule has 0 spiro atoms. The summed E-state index contributed by atoms with van der Waals surface area (Å²) in [5, 5.41) is 74.1. The summed E-state index contributed by atoms with van der Waals surface area (Å²) in [6.45, 7) is 3.70. The number of carbonyl (C=O) groups is 1. The van der Waals surface area contributed by atoms with E-state index in [9.17, 15) is 50.0 Å². The third-order valence-electron chi connectivity index (χ3n) is 10.1. The van der Waals surface area contributed by atoms with Gasteiger partial charge in [0.05, 0.1) is 31.3 Å². The Kier molecular flexibility index (Phi) is 28.5. The third kappa shape index (κ3) is 23.0. The van der Waals surface area contributed by atoms with Crippen LogP contribution in [0.4, 0.5) is 0 Å². The Labute approximate surface area is 319 Å². The van der Waals surface area contributed by atoms with Crippen LogP contribution in [0.5, 0.6) is 0 Å². The van der Waals surface area contributed by atoms with Crippen molar-refractivity contribution in [3.8, 4) is 0 Å². The molecule has 1 rings (SSSR count). The molecule has 0 aromatic carbocycles. The Balaban J connectivity index is 2.54. The fourth-order valence-corrected chi connectivity index (χ4v) is 7.62. The number of nitrogens with one attached hydrogen (secondary N) is 1. The number of amides is 1. The standard InChI is InChI=1S/C39H76NO12P/c1-3-5-7-9-11-13-14-15-16-17-18-19-20-22-24-26-30(41)28-33(43)40-31(32(42)27-25-23-21-12-10-8-6-4-2)29-51-53(49,50)52-39-37(47)35(45)34(44)36(46)38(39)48/h15-16,30-32,34-39,41-42,44-48H,3-14,17-29H2,1-2H3,(H,40,43)(H,49,50)/b16-15-. The molecule has 13 nitrogen and oxygen atoms in total. The molecule has 0 aromatic rings. The van der Waals surface area contributed by atoms with E-state index in [2.05, 4.69) is 31.3 Å². The van der Waals surface area contributed by atoms with E-state index in [1.165, 1.54) is 51.4 Å². The average Bonchev–Trinajstić information content (AvgIpc) is 3.12. The first-order chi connectivity index (χ1) is 25.3. The van der Waals surface area contributed by atoms with Crippen molar-refractivity contribution in [2.45, 2.75) is 223 Å². The average molecular weight is 782 g/mol. The van der Waals surface area contributed by atoms with Gasteiger partial charge in [0, 0.05) is 0 Å². The maximum atomic E-state index is 12.9. The van der Waals surface area contributed by atoms with Gasteiger partial charge >= 0.3 is 7.82 Å². The summed E-state index contributed by atoms with van der Waals surface area (Å²) < 4.78 is 22.8. The van der Waals surface area contributed by atoms with Crippen molar-refractivity contribution >= 4 is 13.7 Å². The summed E-state index contributed by atoms with van der Waals surface area (Å²) in [6.07, 6.45) is 14.4. The number of phosphoric ester groups is 1. The lowest BCUT2D eigenvalue weighted by atomic mass is 9.85. The van der Waals surface area contributed by atoms with Crippen molar-refractivity contribution in [1.29, 1.82) is 0 Å². The summed E-state index contributed by atoms with van der Waals surface area (Å²) in [5.74, 6) is -0.569. The molecule has 8 unspecified atom stereocenters. The molecular formula is C39H76NO12P. The van der Waals surface area contributed by atoms with Gasteiger partial charge in [-0.05, 0) is 38.5 Å². The van der Waals surface area contributed by atoms with Crippen molar-refractivity contribution in [3.63, 3.8) is 0 Å². The predicted molar refractivity (Wildman–Crippen MR) is 206 cm³/mol. The Bertz CT molecular complexity index is 974. The molecule has 1 fully saturated rings. The molecule has 14 heteroatoms. The largest absolute Gasteiger partial charge is 0.472 e.